The van der Waals surface area contributed by atoms with Crippen molar-refractivity contribution in [2.45, 2.75) is 11.4 Å². The number of quaternary nitrogens is 1. The third kappa shape index (κ3) is 4.91. The zero-order valence-electron chi connectivity index (χ0n) is 16.1. The second kappa shape index (κ2) is 9.04. The number of likely N-dealkylation sites (N-methyl/N-ethyl adjacent to an activating group) is 1. The van der Waals surface area contributed by atoms with Gasteiger partial charge in [-0.15, -0.1) is 0 Å². The lowest BCUT2D eigenvalue weighted by Crippen LogP contribution is -3.08. The average molecular weight is 425 g/mol. The van der Waals surface area contributed by atoms with Crippen LogP contribution < -0.4 is 9.64 Å². The number of ether oxygens (including phenoxy) is 1. The maximum atomic E-state index is 12.8. The van der Waals surface area contributed by atoms with E-state index in [1.54, 1.807) is 47.6 Å². The van der Waals surface area contributed by atoms with E-state index in [-0.39, 0.29) is 10.8 Å². The van der Waals surface area contributed by atoms with Gasteiger partial charge in [0.25, 0.3) is 5.91 Å². The van der Waals surface area contributed by atoms with Gasteiger partial charge in [0.1, 0.15) is 12.3 Å². The van der Waals surface area contributed by atoms with Crippen LogP contribution in [0.4, 0.5) is 0 Å². The second-order valence-corrected chi connectivity index (χ2v) is 9.62. The number of rotatable bonds is 7. The van der Waals surface area contributed by atoms with Gasteiger partial charge in [-0.05, 0) is 41.1 Å². The molecular weight excluding hydrogens is 398 g/mol. The number of thiophene rings is 1. The molecule has 1 N–H and O–H groups in total. The summed E-state index contributed by atoms with van der Waals surface area (Å²) >= 11 is 1.65. The Balaban J connectivity index is 1.53. The van der Waals surface area contributed by atoms with Crippen LogP contribution in [0.1, 0.15) is 5.56 Å². The number of carbonyl (C=O) groups is 1. The number of carbonyl (C=O) groups excluding carboxylic acids is 1. The summed E-state index contributed by atoms with van der Waals surface area (Å²) < 4.78 is 32.1. The number of piperazine rings is 1. The van der Waals surface area contributed by atoms with Crippen LogP contribution in [0.5, 0.6) is 5.75 Å². The molecule has 1 saturated heterocycles. The number of sulfonamides is 1. The Bertz CT molecular complexity index is 874. The molecule has 0 radical (unpaired) electrons. The standard InChI is InChI=1S/C19H25N3O4S2/c1-20(13-16-7-12-27-15-16)14-19(23)21-8-10-22(11-9-21)28(24,25)18-5-3-17(26-2)4-6-18/h3-7,12,15H,8-11,13-14H2,1-2H3/p+1. The molecule has 0 saturated carbocycles. The minimum Gasteiger partial charge on any atom is -0.497 e. The third-order valence-corrected chi connectivity index (χ3v) is 7.47. The summed E-state index contributed by atoms with van der Waals surface area (Å²) in [5.41, 5.74) is 1.23. The molecule has 1 atom stereocenters. The fourth-order valence-corrected chi connectivity index (χ4v) is 5.34. The molecule has 1 aliphatic rings. The summed E-state index contributed by atoms with van der Waals surface area (Å²) in [7, 11) is -0.0168. The molecule has 1 aromatic carbocycles. The van der Waals surface area contributed by atoms with Crippen molar-refractivity contribution in [1.82, 2.24) is 9.21 Å². The Morgan fingerprint density at radius 3 is 2.39 bits per heavy atom. The topological polar surface area (TPSA) is 71.4 Å². The van der Waals surface area contributed by atoms with E-state index in [1.165, 1.54) is 9.87 Å². The number of methoxy groups -OCH3 is 1. The largest absolute Gasteiger partial charge is 0.497 e. The number of amides is 1. The van der Waals surface area contributed by atoms with Gasteiger partial charge in [0, 0.05) is 31.7 Å². The van der Waals surface area contributed by atoms with Crippen LogP contribution in [0.3, 0.4) is 0 Å². The molecule has 2 aromatic rings. The van der Waals surface area contributed by atoms with E-state index in [4.69, 9.17) is 4.74 Å². The summed E-state index contributed by atoms with van der Waals surface area (Å²) in [5.74, 6) is 0.678. The molecule has 152 valence electrons. The van der Waals surface area contributed by atoms with Crippen LogP contribution in [-0.4, -0.2) is 70.4 Å². The number of hydrogen-bond acceptors (Lipinski definition) is 5. The highest BCUT2D eigenvalue weighted by molar-refractivity contribution is 7.89. The first kappa shape index (κ1) is 20.8. The van der Waals surface area contributed by atoms with Gasteiger partial charge in [0.2, 0.25) is 10.0 Å². The van der Waals surface area contributed by atoms with Crippen molar-refractivity contribution in [2.75, 3.05) is 46.9 Å². The minimum absolute atomic E-state index is 0.0641. The van der Waals surface area contributed by atoms with E-state index < -0.39 is 10.0 Å². The third-order valence-electron chi connectivity index (χ3n) is 4.83. The lowest BCUT2D eigenvalue weighted by molar-refractivity contribution is -0.885. The molecule has 1 aromatic heterocycles. The molecule has 1 aliphatic heterocycles. The Kier molecular flexibility index (Phi) is 6.71. The SMILES string of the molecule is COc1ccc(S(=O)(=O)N2CCN(C(=O)C[NH+](C)Cc3ccsc3)CC2)cc1. The number of hydrogen-bond donors (Lipinski definition) is 1. The molecule has 9 heteroatoms. The van der Waals surface area contributed by atoms with E-state index in [9.17, 15) is 13.2 Å². The maximum absolute atomic E-state index is 12.8. The molecule has 1 unspecified atom stereocenters. The fourth-order valence-electron chi connectivity index (χ4n) is 3.25. The smallest absolute Gasteiger partial charge is 0.277 e. The van der Waals surface area contributed by atoms with Crippen molar-refractivity contribution in [3.05, 3.63) is 46.7 Å². The summed E-state index contributed by atoms with van der Waals surface area (Å²) in [6.45, 7) is 2.66. The van der Waals surface area contributed by atoms with Gasteiger partial charge < -0.3 is 14.5 Å². The van der Waals surface area contributed by atoms with Gasteiger partial charge in [-0.25, -0.2) is 8.42 Å². The monoisotopic (exact) mass is 424 g/mol. The zero-order valence-corrected chi connectivity index (χ0v) is 17.8. The first-order chi connectivity index (χ1) is 13.4. The Hall–Kier alpha value is -1.94. The number of benzene rings is 1. The van der Waals surface area contributed by atoms with Gasteiger partial charge in [0.15, 0.2) is 6.54 Å². The van der Waals surface area contributed by atoms with E-state index in [0.29, 0.717) is 38.5 Å². The zero-order chi connectivity index (χ0) is 20.1. The molecular formula is C19H26N3O4S2+. The Morgan fingerprint density at radius 2 is 1.82 bits per heavy atom. The lowest BCUT2D eigenvalue weighted by atomic mass is 10.3. The molecule has 1 amide bonds. The normalized spacial score (nSPS) is 16.7. The molecule has 0 spiro atoms. The molecule has 7 nitrogen and oxygen atoms in total. The van der Waals surface area contributed by atoms with E-state index in [0.717, 1.165) is 11.4 Å². The summed E-state index contributed by atoms with van der Waals surface area (Å²) in [6.07, 6.45) is 0. The van der Waals surface area contributed by atoms with Gasteiger partial charge in [-0.1, -0.05) is 0 Å². The van der Waals surface area contributed by atoms with Gasteiger partial charge >= 0.3 is 0 Å². The number of nitrogens with one attached hydrogen (secondary N) is 1. The summed E-state index contributed by atoms with van der Waals surface area (Å²) in [5, 5.41) is 4.13. The highest BCUT2D eigenvalue weighted by Crippen LogP contribution is 2.20. The summed E-state index contributed by atoms with van der Waals surface area (Å²) in [4.78, 5) is 15.7. The van der Waals surface area contributed by atoms with Crippen LogP contribution in [-0.2, 0) is 21.4 Å². The van der Waals surface area contributed by atoms with Crippen molar-refractivity contribution in [3.63, 3.8) is 0 Å². The van der Waals surface area contributed by atoms with Crippen molar-refractivity contribution in [3.8, 4) is 5.75 Å². The highest BCUT2D eigenvalue weighted by atomic mass is 32.2. The van der Waals surface area contributed by atoms with Gasteiger partial charge in [-0.3, -0.25) is 4.79 Å². The average Bonchev–Trinajstić information content (AvgIpc) is 3.21. The van der Waals surface area contributed by atoms with Crippen molar-refractivity contribution >= 4 is 27.3 Å². The van der Waals surface area contributed by atoms with Gasteiger partial charge in [0.05, 0.1) is 19.1 Å². The molecule has 0 bridgehead atoms. The van der Waals surface area contributed by atoms with E-state index in [2.05, 4.69) is 11.4 Å². The first-order valence-corrected chi connectivity index (χ1v) is 11.5. The fraction of sp³-hybridized carbons (Fsp3) is 0.421. The van der Waals surface area contributed by atoms with E-state index in [1.807, 2.05) is 12.4 Å². The van der Waals surface area contributed by atoms with Crippen LogP contribution in [0.25, 0.3) is 0 Å². The van der Waals surface area contributed by atoms with Crippen LogP contribution >= 0.6 is 11.3 Å². The molecule has 0 aliphatic carbocycles. The molecule has 1 fully saturated rings. The second-order valence-electron chi connectivity index (χ2n) is 6.90. The van der Waals surface area contributed by atoms with Gasteiger partial charge in [-0.2, -0.15) is 15.6 Å². The maximum Gasteiger partial charge on any atom is 0.277 e. The quantitative estimate of drug-likeness (QED) is 0.694. The minimum atomic E-state index is -3.56. The predicted octanol–water partition coefficient (Wildman–Crippen LogP) is 0.305. The predicted molar refractivity (Wildman–Crippen MR) is 108 cm³/mol. The molecule has 2 heterocycles. The molecule has 3 rings (SSSR count). The van der Waals surface area contributed by atoms with Crippen LogP contribution in [0.15, 0.2) is 46.0 Å². The van der Waals surface area contributed by atoms with Crippen molar-refractivity contribution < 1.29 is 22.8 Å². The van der Waals surface area contributed by atoms with Crippen LogP contribution in [0.2, 0.25) is 0 Å². The summed E-state index contributed by atoms with van der Waals surface area (Å²) in [6, 6.07) is 8.45. The molecule has 28 heavy (non-hydrogen) atoms. The van der Waals surface area contributed by atoms with Crippen molar-refractivity contribution in [2.24, 2.45) is 0 Å². The van der Waals surface area contributed by atoms with Crippen LogP contribution in [0, 0.1) is 0 Å². The highest BCUT2D eigenvalue weighted by Gasteiger charge is 2.30. The van der Waals surface area contributed by atoms with E-state index >= 15 is 0 Å². The number of nitrogens with zero attached hydrogens (tertiary/aromatic N) is 2. The Morgan fingerprint density at radius 1 is 1.14 bits per heavy atom. The van der Waals surface area contributed by atoms with Crippen molar-refractivity contribution in [1.29, 1.82) is 0 Å². The lowest BCUT2D eigenvalue weighted by Gasteiger charge is -2.34. The Labute approximate surface area is 170 Å². The first-order valence-electron chi connectivity index (χ1n) is 9.14.